The molecule has 2 rings (SSSR count). The molecule has 0 aliphatic carbocycles. The number of morpholine rings is 1. The van der Waals surface area contributed by atoms with Gasteiger partial charge in [-0.2, -0.15) is 0 Å². The molecule has 19 heavy (non-hydrogen) atoms. The molecule has 0 aromatic heterocycles. The topological polar surface area (TPSA) is 55.6 Å². The van der Waals surface area contributed by atoms with E-state index in [4.69, 9.17) is 10.5 Å². The van der Waals surface area contributed by atoms with Crippen LogP contribution in [-0.2, 0) is 16.0 Å². The Bertz CT molecular complexity index is 417. The minimum atomic E-state index is 0.229. The molecule has 1 aliphatic heterocycles. The normalized spacial score (nSPS) is 19.4. The van der Waals surface area contributed by atoms with Gasteiger partial charge in [-0.15, -0.1) is 0 Å². The van der Waals surface area contributed by atoms with Gasteiger partial charge in [-0.3, -0.25) is 4.79 Å². The van der Waals surface area contributed by atoms with Crippen LogP contribution in [0, 0.1) is 0 Å². The van der Waals surface area contributed by atoms with Gasteiger partial charge in [0.25, 0.3) is 0 Å². The molecule has 1 aliphatic rings. The average Bonchev–Trinajstić information content (AvgIpc) is 2.46. The third-order valence-corrected chi connectivity index (χ3v) is 3.63. The molecular formula is C15H22N2O2. The van der Waals surface area contributed by atoms with Gasteiger partial charge < -0.3 is 15.4 Å². The molecule has 1 aromatic rings. The van der Waals surface area contributed by atoms with Gasteiger partial charge in [0.15, 0.2) is 0 Å². The van der Waals surface area contributed by atoms with E-state index >= 15 is 0 Å². The van der Waals surface area contributed by atoms with Crippen molar-refractivity contribution in [3.8, 4) is 0 Å². The molecule has 2 N–H and O–H groups in total. The lowest BCUT2D eigenvalue weighted by Gasteiger charge is -2.35. The maximum absolute atomic E-state index is 12.3. The number of nitrogens with zero attached hydrogens (tertiary/aromatic N) is 1. The first-order chi connectivity index (χ1) is 9.20. The molecule has 4 heteroatoms. The molecular weight excluding hydrogens is 240 g/mol. The van der Waals surface area contributed by atoms with E-state index in [-0.39, 0.29) is 11.9 Å². The minimum absolute atomic E-state index is 0.229. The van der Waals surface area contributed by atoms with Crippen molar-refractivity contribution in [1.29, 1.82) is 0 Å². The summed E-state index contributed by atoms with van der Waals surface area (Å²) in [6, 6.07) is 7.97. The molecule has 0 radical (unpaired) electrons. The van der Waals surface area contributed by atoms with Gasteiger partial charge in [-0.1, -0.05) is 19.1 Å². The van der Waals surface area contributed by atoms with Crippen LogP contribution in [0.4, 0.5) is 5.69 Å². The quantitative estimate of drug-likeness (QED) is 0.842. The molecule has 1 atom stereocenters. The summed E-state index contributed by atoms with van der Waals surface area (Å²) in [5, 5.41) is 0. The van der Waals surface area contributed by atoms with Crippen molar-refractivity contribution in [2.45, 2.75) is 32.2 Å². The van der Waals surface area contributed by atoms with Crippen LogP contribution >= 0.6 is 0 Å². The van der Waals surface area contributed by atoms with Crippen molar-refractivity contribution in [1.82, 2.24) is 4.90 Å². The summed E-state index contributed by atoms with van der Waals surface area (Å²) in [5.41, 5.74) is 7.56. The maximum Gasteiger partial charge on any atom is 0.223 e. The number of carbonyl (C=O) groups is 1. The summed E-state index contributed by atoms with van der Waals surface area (Å²) >= 11 is 0. The molecule has 0 saturated carbocycles. The van der Waals surface area contributed by atoms with Crippen LogP contribution in [0.1, 0.15) is 25.3 Å². The van der Waals surface area contributed by atoms with Crippen LogP contribution in [0.25, 0.3) is 0 Å². The number of benzene rings is 1. The Kier molecular flexibility index (Phi) is 4.80. The zero-order chi connectivity index (χ0) is 13.7. The van der Waals surface area contributed by atoms with Crippen molar-refractivity contribution in [3.05, 3.63) is 29.8 Å². The Balaban J connectivity index is 1.87. The molecule has 1 aromatic carbocycles. The second-order valence-corrected chi connectivity index (χ2v) is 4.97. The van der Waals surface area contributed by atoms with Gasteiger partial charge in [0.1, 0.15) is 0 Å². The number of rotatable bonds is 4. The van der Waals surface area contributed by atoms with E-state index in [1.54, 1.807) is 0 Å². The van der Waals surface area contributed by atoms with Crippen LogP contribution in [0.5, 0.6) is 0 Å². The highest BCUT2D eigenvalue weighted by Gasteiger charge is 2.25. The van der Waals surface area contributed by atoms with Gasteiger partial charge in [0.05, 0.1) is 19.3 Å². The Morgan fingerprint density at radius 2 is 2.16 bits per heavy atom. The first kappa shape index (κ1) is 13.9. The molecule has 0 spiro atoms. The summed E-state index contributed by atoms with van der Waals surface area (Å²) in [5.74, 6) is 0.229. The predicted molar refractivity (Wildman–Crippen MR) is 75.8 cm³/mol. The van der Waals surface area contributed by atoms with E-state index in [2.05, 4.69) is 6.92 Å². The Hall–Kier alpha value is -1.55. The maximum atomic E-state index is 12.3. The zero-order valence-electron chi connectivity index (χ0n) is 11.5. The second kappa shape index (κ2) is 6.57. The van der Waals surface area contributed by atoms with Crippen molar-refractivity contribution in [2.75, 3.05) is 25.5 Å². The highest BCUT2D eigenvalue weighted by molar-refractivity contribution is 5.77. The standard InChI is InChI=1S/C15H22N2O2/c1-2-14-11-19-10-9-17(14)15(18)8-5-12-3-6-13(16)7-4-12/h3-4,6-7,14H,2,5,8-11,16H2,1H3. The van der Waals surface area contributed by atoms with Crippen LogP contribution in [0.3, 0.4) is 0 Å². The van der Waals surface area contributed by atoms with Crippen LogP contribution in [0.15, 0.2) is 24.3 Å². The number of nitrogen functional groups attached to an aromatic ring is 1. The number of hydrogen-bond acceptors (Lipinski definition) is 3. The fraction of sp³-hybridized carbons (Fsp3) is 0.533. The van der Waals surface area contributed by atoms with Gasteiger partial charge in [0, 0.05) is 18.7 Å². The summed E-state index contributed by atoms with van der Waals surface area (Å²) in [4.78, 5) is 14.2. The van der Waals surface area contributed by atoms with E-state index in [0.29, 0.717) is 19.6 Å². The Morgan fingerprint density at radius 1 is 1.42 bits per heavy atom. The molecule has 1 heterocycles. The number of carbonyl (C=O) groups excluding carboxylic acids is 1. The Labute approximate surface area is 114 Å². The van der Waals surface area contributed by atoms with Crippen molar-refractivity contribution >= 4 is 11.6 Å². The first-order valence-electron chi connectivity index (χ1n) is 6.92. The van der Waals surface area contributed by atoms with Gasteiger partial charge in [-0.05, 0) is 30.5 Å². The summed E-state index contributed by atoms with van der Waals surface area (Å²) in [7, 11) is 0. The van der Waals surface area contributed by atoms with E-state index in [1.165, 1.54) is 0 Å². The fourth-order valence-electron chi connectivity index (χ4n) is 2.40. The van der Waals surface area contributed by atoms with Gasteiger partial charge >= 0.3 is 0 Å². The molecule has 104 valence electrons. The van der Waals surface area contributed by atoms with E-state index in [0.717, 1.165) is 30.6 Å². The van der Waals surface area contributed by atoms with Crippen LogP contribution in [-0.4, -0.2) is 36.6 Å². The van der Waals surface area contributed by atoms with E-state index in [1.807, 2.05) is 29.2 Å². The molecule has 4 nitrogen and oxygen atoms in total. The van der Waals surface area contributed by atoms with Crippen molar-refractivity contribution in [2.24, 2.45) is 0 Å². The lowest BCUT2D eigenvalue weighted by Crippen LogP contribution is -2.48. The number of amides is 1. The highest BCUT2D eigenvalue weighted by atomic mass is 16.5. The average molecular weight is 262 g/mol. The fourth-order valence-corrected chi connectivity index (χ4v) is 2.40. The minimum Gasteiger partial charge on any atom is -0.399 e. The molecule has 0 bridgehead atoms. The zero-order valence-corrected chi connectivity index (χ0v) is 11.5. The molecule has 1 fully saturated rings. The smallest absolute Gasteiger partial charge is 0.223 e. The molecule has 1 unspecified atom stereocenters. The van der Waals surface area contributed by atoms with Crippen molar-refractivity contribution in [3.63, 3.8) is 0 Å². The van der Waals surface area contributed by atoms with Crippen LogP contribution < -0.4 is 5.73 Å². The SMILES string of the molecule is CCC1COCCN1C(=O)CCc1ccc(N)cc1. The highest BCUT2D eigenvalue weighted by Crippen LogP contribution is 2.14. The number of aryl methyl sites for hydroxylation is 1. The summed E-state index contributed by atoms with van der Waals surface area (Å²) in [6.45, 7) is 4.15. The molecule has 1 saturated heterocycles. The van der Waals surface area contributed by atoms with E-state index in [9.17, 15) is 4.79 Å². The second-order valence-electron chi connectivity index (χ2n) is 4.97. The monoisotopic (exact) mass is 262 g/mol. The number of anilines is 1. The third-order valence-electron chi connectivity index (χ3n) is 3.63. The van der Waals surface area contributed by atoms with E-state index < -0.39 is 0 Å². The first-order valence-corrected chi connectivity index (χ1v) is 6.92. The molecule has 1 amide bonds. The lowest BCUT2D eigenvalue weighted by molar-refractivity contribution is -0.139. The lowest BCUT2D eigenvalue weighted by atomic mass is 10.1. The number of nitrogens with two attached hydrogens (primary N) is 1. The Morgan fingerprint density at radius 3 is 2.84 bits per heavy atom. The summed E-state index contributed by atoms with van der Waals surface area (Å²) < 4.78 is 5.42. The number of hydrogen-bond donors (Lipinski definition) is 1. The van der Waals surface area contributed by atoms with Gasteiger partial charge in [0.2, 0.25) is 5.91 Å². The number of ether oxygens (including phenoxy) is 1. The summed E-state index contributed by atoms with van der Waals surface area (Å²) in [6.07, 6.45) is 2.28. The van der Waals surface area contributed by atoms with Crippen LogP contribution in [0.2, 0.25) is 0 Å². The largest absolute Gasteiger partial charge is 0.399 e. The predicted octanol–water partition coefficient (Wildman–Crippen LogP) is 1.84. The third kappa shape index (κ3) is 3.70. The van der Waals surface area contributed by atoms with Crippen molar-refractivity contribution < 1.29 is 9.53 Å². The van der Waals surface area contributed by atoms with Gasteiger partial charge in [-0.25, -0.2) is 0 Å².